The van der Waals surface area contributed by atoms with E-state index in [0.29, 0.717) is 18.3 Å². The van der Waals surface area contributed by atoms with E-state index in [9.17, 15) is 9.90 Å². The first-order valence-corrected chi connectivity index (χ1v) is 5.67. The lowest BCUT2D eigenvalue weighted by atomic mass is 9.84. The van der Waals surface area contributed by atoms with Gasteiger partial charge in [0.1, 0.15) is 0 Å². The molecule has 1 aliphatic heterocycles. The quantitative estimate of drug-likeness (QED) is 0.635. The molecule has 2 aliphatic carbocycles. The zero-order chi connectivity index (χ0) is 11.9. The monoisotopic (exact) mass is 223 g/mol. The van der Waals surface area contributed by atoms with E-state index in [1.807, 2.05) is 6.92 Å². The van der Waals surface area contributed by atoms with Gasteiger partial charge in [-0.2, -0.15) is 10.1 Å². The number of nitrogens with two attached hydrogens (primary N) is 1. The van der Waals surface area contributed by atoms with Crippen LogP contribution in [-0.2, 0) is 0 Å². The van der Waals surface area contributed by atoms with Gasteiger partial charge in [-0.05, 0) is 24.2 Å². The minimum atomic E-state index is -1.15. The van der Waals surface area contributed by atoms with Crippen LogP contribution in [0, 0.1) is 23.2 Å². The highest BCUT2D eigenvalue weighted by atomic mass is 16.3. The first-order valence-electron chi connectivity index (χ1n) is 5.67. The highest BCUT2D eigenvalue weighted by Gasteiger charge is 2.75. The molecule has 0 radical (unpaired) electrons. The van der Waals surface area contributed by atoms with Gasteiger partial charge < -0.3 is 10.8 Å². The molecule has 16 heavy (non-hydrogen) atoms. The number of aliphatic hydroxyl groups is 1. The summed E-state index contributed by atoms with van der Waals surface area (Å²) in [6.45, 7) is 6.29. The van der Waals surface area contributed by atoms with Crippen LogP contribution < -0.4 is 5.73 Å². The summed E-state index contributed by atoms with van der Waals surface area (Å²) in [5.74, 6) is 0.889. The normalized spacial score (nSPS) is 47.4. The third kappa shape index (κ3) is 0.867. The van der Waals surface area contributed by atoms with Crippen molar-refractivity contribution in [2.24, 2.45) is 34.0 Å². The maximum absolute atomic E-state index is 11.3. The van der Waals surface area contributed by atoms with Crippen molar-refractivity contribution in [2.75, 3.05) is 0 Å². The average molecular weight is 223 g/mol. The molecule has 0 aromatic heterocycles. The second-order valence-corrected chi connectivity index (χ2v) is 5.91. The topological polar surface area (TPSA) is 78.9 Å². The number of amides is 2. The average Bonchev–Trinajstić information content (AvgIpc) is 2.51. The Balaban J connectivity index is 1.99. The number of fused-ring (bicyclic) bond motifs is 3. The second-order valence-electron chi connectivity index (χ2n) is 5.91. The highest BCUT2D eigenvalue weighted by molar-refractivity contribution is 5.91. The molecule has 0 aromatic rings. The lowest BCUT2D eigenvalue weighted by molar-refractivity contribution is -0.0944. The van der Waals surface area contributed by atoms with Gasteiger partial charge in [-0.3, -0.25) is 0 Å². The number of carbonyl (C=O) groups excluding carboxylic acids is 1. The Morgan fingerprint density at radius 2 is 2.25 bits per heavy atom. The summed E-state index contributed by atoms with van der Waals surface area (Å²) in [6.07, 6.45) is 0.596. The summed E-state index contributed by atoms with van der Waals surface area (Å²) in [5, 5.41) is 15.8. The van der Waals surface area contributed by atoms with Crippen LogP contribution in [-0.4, -0.2) is 27.6 Å². The Morgan fingerprint density at radius 3 is 2.81 bits per heavy atom. The molecular weight excluding hydrogens is 206 g/mol. The number of hydrogen-bond acceptors (Lipinski definition) is 3. The van der Waals surface area contributed by atoms with Gasteiger partial charge in [0.2, 0.25) is 0 Å². The van der Waals surface area contributed by atoms with Gasteiger partial charge >= 0.3 is 6.03 Å². The molecule has 2 saturated carbocycles. The maximum atomic E-state index is 11.3. The van der Waals surface area contributed by atoms with Crippen LogP contribution in [0.5, 0.6) is 0 Å². The molecule has 5 heteroatoms. The summed E-state index contributed by atoms with van der Waals surface area (Å²) in [7, 11) is 0. The Hall–Kier alpha value is -1.10. The highest BCUT2D eigenvalue weighted by Crippen LogP contribution is 2.73. The Labute approximate surface area is 94.3 Å². The van der Waals surface area contributed by atoms with Gasteiger partial charge in [-0.25, -0.2) is 4.79 Å². The number of urea groups is 1. The summed E-state index contributed by atoms with van der Waals surface area (Å²) in [4.78, 5) is 11.3. The third-order valence-corrected chi connectivity index (χ3v) is 4.80. The van der Waals surface area contributed by atoms with Crippen LogP contribution in [0.1, 0.15) is 27.2 Å². The molecule has 5 nitrogen and oxygen atoms in total. The lowest BCUT2D eigenvalue weighted by Crippen LogP contribution is -2.52. The van der Waals surface area contributed by atoms with Crippen LogP contribution in [0.4, 0.5) is 4.79 Å². The Bertz CT molecular complexity index is 417. The summed E-state index contributed by atoms with van der Waals surface area (Å²) < 4.78 is 0. The van der Waals surface area contributed by atoms with Gasteiger partial charge in [0.15, 0.2) is 5.72 Å². The number of primary amides is 1. The van der Waals surface area contributed by atoms with Gasteiger partial charge in [-0.1, -0.05) is 13.8 Å². The van der Waals surface area contributed by atoms with Crippen molar-refractivity contribution in [3.8, 4) is 0 Å². The van der Waals surface area contributed by atoms with Crippen molar-refractivity contribution in [2.45, 2.75) is 32.9 Å². The number of hydrazone groups is 1. The molecule has 1 heterocycles. The van der Waals surface area contributed by atoms with Crippen LogP contribution >= 0.6 is 0 Å². The van der Waals surface area contributed by atoms with Gasteiger partial charge in [0, 0.05) is 12.1 Å². The first-order chi connectivity index (χ1) is 7.30. The van der Waals surface area contributed by atoms with Crippen LogP contribution in [0.2, 0.25) is 0 Å². The summed E-state index contributed by atoms with van der Waals surface area (Å²) >= 11 is 0. The zero-order valence-corrected chi connectivity index (χ0v) is 9.77. The van der Waals surface area contributed by atoms with Gasteiger partial charge in [0.25, 0.3) is 0 Å². The predicted octanol–water partition coefficient (Wildman–Crippen LogP) is 0.737. The molecule has 88 valence electrons. The molecule has 1 unspecified atom stereocenters. The number of nitrogens with zero attached hydrogens (tertiary/aromatic N) is 2. The number of hydrogen-bond donors (Lipinski definition) is 2. The van der Waals surface area contributed by atoms with Crippen molar-refractivity contribution >= 4 is 11.7 Å². The molecule has 4 atom stereocenters. The van der Waals surface area contributed by atoms with E-state index in [1.54, 1.807) is 0 Å². The molecular formula is C11H17N3O2. The molecule has 3 rings (SSSR count). The molecule has 0 bridgehead atoms. The molecule has 0 saturated heterocycles. The van der Waals surface area contributed by atoms with Crippen molar-refractivity contribution in [3.63, 3.8) is 0 Å². The number of rotatable bonds is 0. The molecule has 2 fully saturated rings. The summed E-state index contributed by atoms with van der Waals surface area (Å²) in [5.41, 5.74) is 5.19. The second kappa shape index (κ2) is 2.42. The van der Waals surface area contributed by atoms with Gasteiger partial charge in [-0.15, -0.1) is 0 Å². The fourth-order valence-corrected chi connectivity index (χ4v) is 3.94. The van der Waals surface area contributed by atoms with E-state index < -0.39 is 11.8 Å². The summed E-state index contributed by atoms with van der Waals surface area (Å²) in [6, 6.07) is -0.663. The van der Waals surface area contributed by atoms with E-state index in [1.165, 1.54) is 0 Å². The SMILES string of the molecule is CC1=NN(C(N)=O)C2(O)C[C@@H]3[C@H]([C@H]12)C3(C)C. The van der Waals surface area contributed by atoms with Crippen molar-refractivity contribution in [1.82, 2.24) is 5.01 Å². The van der Waals surface area contributed by atoms with E-state index in [-0.39, 0.29) is 11.3 Å². The molecule has 3 N–H and O–H groups in total. The van der Waals surface area contributed by atoms with Gasteiger partial charge in [0.05, 0.1) is 5.92 Å². The molecule has 2 amide bonds. The zero-order valence-electron chi connectivity index (χ0n) is 9.77. The Morgan fingerprint density at radius 1 is 1.62 bits per heavy atom. The van der Waals surface area contributed by atoms with Crippen molar-refractivity contribution in [3.05, 3.63) is 0 Å². The predicted molar refractivity (Wildman–Crippen MR) is 58.3 cm³/mol. The lowest BCUT2D eigenvalue weighted by Gasteiger charge is -2.34. The smallest absolute Gasteiger partial charge is 0.337 e. The van der Waals surface area contributed by atoms with E-state index in [4.69, 9.17) is 5.73 Å². The number of carbonyl (C=O) groups is 1. The largest absolute Gasteiger partial charge is 0.368 e. The standard InChI is InChI=1S/C11H17N3O2/c1-5-7-8-6(10(8,2)3)4-11(7,16)14(13-5)9(12)15/h6-8,16H,4H2,1-3H3,(H2,12,15)/t6-,7+,8-,11?/m1/s1. The Kier molecular flexibility index (Phi) is 1.53. The minimum absolute atomic E-state index is 0.0278. The molecule has 0 aromatic carbocycles. The van der Waals surface area contributed by atoms with E-state index in [2.05, 4.69) is 18.9 Å². The third-order valence-electron chi connectivity index (χ3n) is 4.80. The van der Waals surface area contributed by atoms with Crippen molar-refractivity contribution < 1.29 is 9.90 Å². The van der Waals surface area contributed by atoms with Crippen LogP contribution in [0.25, 0.3) is 0 Å². The maximum Gasteiger partial charge on any atom is 0.337 e. The molecule has 3 aliphatic rings. The van der Waals surface area contributed by atoms with Crippen molar-refractivity contribution in [1.29, 1.82) is 0 Å². The van der Waals surface area contributed by atoms with E-state index >= 15 is 0 Å². The van der Waals surface area contributed by atoms with E-state index in [0.717, 1.165) is 10.7 Å². The first kappa shape index (κ1) is 10.1. The van der Waals surface area contributed by atoms with Crippen LogP contribution in [0.15, 0.2) is 5.10 Å². The molecule has 0 spiro atoms. The minimum Gasteiger partial charge on any atom is -0.368 e. The fourth-order valence-electron chi connectivity index (χ4n) is 3.94. The van der Waals surface area contributed by atoms with Crippen LogP contribution in [0.3, 0.4) is 0 Å². The fraction of sp³-hybridized carbons (Fsp3) is 0.818.